The molecule has 4 aromatic rings. The maximum Gasteiger partial charge on any atom is 0.261 e. The summed E-state index contributed by atoms with van der Waals surface area (Å²) in [4.78, 5) is 17.1. The fourth-order valence-electron chi connectivity index (χ4n) is 3.15. The van der Waals surface area contributed by atoms with Crippen LogP contribution in [0.5, 0.6) is 0 Å². The van der Waals surface area contributed by atoms with Crippen molar-refractivity contribution < 1.29 is 4.39 Å². The van der Waals surface area contributed by atoms with Gasteiger partial charge < -0.3 is 4.57 Å². The van der Waals surface area contributed by atoms with Gasteiger partial charge in [0.1, 0.15) is 5.82 Å². The summed E-state index contributed by atoms with van der Waals surface area (Å²) >= 11 is 0. The molecule has 3 aromatic heterocycles. The Kier molecular flexibility index (Phi) is 3.42. The van der Waals surface area contributed by atoms with Crippen molar-refractivity contribution in [1.29, 1.82) is 0 Å². The second kappa shape index (κ2) is 5.51. The number of hydrogen-bond acceptors (Lipinski definition) is 3. The first-order valence-corrected chi connectivity index (χ1v) is 8.12. The highest BCUT2D eigenvalue weighted by atomic mass is 19.1. The zero-order chi connectivity index (χ0) is 17.7. The van der Waals surface area contributed by atoms with Crippen LogP contribution in [0.3, 0.4) is 0 Å². The lowest BCUT2D eigenvalue weighted by Crippen LogP contribution is -2.22. The van der Waals surface area contributed by atoms with Crippen LogP contribution in [0.1, 0.15) is 25.6 Å². The Morgan fingerprint density at radius 2 is 1.84 bits per heavy atom. The van der Waals surface area contributed by atoms with Gasteiger partial charge in [0.2, 0.25) is 0 Å². The summed E-state index contributed by atoms with van der Waals surface area (Å²) in [6, 6.07) is 8.21. The van der Waals surface area contributed by atoms with Gasteiger partial charge in [-0.1, -0.05) is 12.1 Å². The third-order valence-electron chi connectivity index (χ3n) is 4.40. The van der Waals surface area contributed by atoms with Crippen LogP contribution < -0.4 is 5.56 Å². The Labute approximate surface area is 143 Å². The predicted molar refractivity (Wildman–Crippen MR) is 95.3 cm³/mol. The van der Waals surface area contributed by atoms with Crippen molar-refractivity contribution in [2.24, 2.45) is 0 Å². The molecular weight excluding hydrogens is 319 g/mol. The Bertz CT molecular complexity index is 1160. The Morgan fingerprint density at radius 3 is 2.52 bits per heavy atom. The molecule has 0 amide bonds. The molecule has 25 heavy (non-hydrogen) atoms. The molecule has 0 aliphatic carbocycles. The van der Waals surface area contributed by atoms with Crippen molar-refractivity contribution >= 4 is 16.6 Å². The number of hydrogen-bond donors (Lipinski definition) is 0. The van der Waals surface area contributed by atoms with Crippen LogP contribution in [0.2, 0.25) is 0 Å². The minimum absolute atomic E-state index is 0.0710. The normalized spacial score (nSPS) is 11.7. The van der Waals surface area contributed by atoms with Crippen molar-refractivity contribution in [1.82, 2.24) is 19.2 Å². The second-order valence-corrected chi connectivity index (χ2v) is 6.38. The number of fused-ring (bicyclic) bond motifs is 3. The monoisotopic (exact) mass is 336 g/mol. The molecule has 0 unspecified atom stereocenters. The quantitative estimate of drug-likeness (QED) is 0.560. The molecule has 0 saturated heterocycles. The van der Waals surface area contributed by atoms with E-state index in [-0.39, 0.29) is 17.4 Å². The zero-order valence-electron chi connectivity index (χ0n) is 14.2. The average Bonchev–Trinajstić information content (AvgIpc) is 2.92. The third-order valence-corrected chi connectivity index (χ3v) is 4.40. The van der Waals surface area contributed by atoms with Gasteiger partial charge in [0.05, 0.1) is 16.6 Å². The molecule has 0 N–H and O–H groups in total. The number of aromatic nitrogens is 4. The molecule has 0 atom stereocenters. The summed E-state index contributed by atoms with van der Waals surface area (Å²) < 4.78 is 16.6. The van der Waals surface area contributed by atoms with E-state index in [9.17, 15) is 9.18 Å². The van der Waals surface area contributed by atoms with Crippen molar-refractivity contribution in [3.63, 3.8) is 0 Å². The van der Waals surface area contributed by atoms with Gasteiger partial charge in [-0.15, -0.1) is 0 Å². The maximum absolute atomic E-state index is 13.2. The van der Waals surface area contributed by atoms with Crippen molar-refractivity contribution in [3.05, 3.63) is 64.6 Å². The van der Waals surface area contributed by atoms with Gasteiger partial charge >= 0.3 is 0 Å². The van der Waals surface area contributed by atoms with E-state index in [0.29, 0.717) is 16.6 Å². The van der Waals surface area contributed by atoms with E-state index >= 15 is 0 Å². The van der Waals surface area contributed by atoms with Crippen LogP contribution in [-0.2, 0) is 0 Å². The highest BCUT2D eigenvalue weighted by Gasteiger charge is 2.16. The fraction of sp³-hybridized carbons (Fsp3) is 0.211. The molecule has 6 heteroatoms. The molecule has 0 bridgehead atoms. The van der Waals surface area contributed by atoms with Gasteiger partial charge in [-0.2, -0.15) is 5.10 Å². The third kappa shape index (κ3) is 2.33. The van der Waals surface area contributed by atoms with E-state index in [4.69, 9.17) is 0 Å². The molecule has 0 aliphatic heterocycles. The number of nitrogens with zero attached hydrogens (tertiary/aromatic N) is 4. The number of rotatable bonds is 2. The first kappa shape index (κ1) is 15.5. The molecule has 0 fully saturated rings. The molecule has 0 spiro atoms. The first-order chi connectivity index (χ1) is 12.0. The SMILES string of the molecule is Cc1nn2c(ncc3c(=O)n(C(C)C)ccc32)c1-c1ccc(F)cc1. The number of pyridine rings is 1. The first-order valence-electron chi connectivity index (χ1n) is 8.12. The Balaban J connectivity index is 2.04. The van der Waals surface area contributed by atoms with Gasteiger partial charge in [-0.3, -0.25) is 4.79 Å². The highest BCUT2D eigenvalue weighted by Crippen LogP contribution is 2.28. The predicted octanol–water partition coefficient (Wildman–Crippen LogP) is 3.74. The highest BCUT2D eigenvalue weighted by molar-refractivity contribution is 5.86. The fourth-order valence-corrected chi connectivity index (χ4v) is 3.15. The van der Waals surface area contributed by atoms with Crippen LogP contribution in [0.4, 0.5) is 4.39 Å². The average molecular weight is 336 g/mol. The summed E-state index contributed by atoms with van der Waals surface area (Å²) in [7, 11) is 0. The van der Waals surface area contributed by atoms with E-state index in [0.717, 1.165) is 16.8 Å². The minimum atomic E-state index is -0.287. The molecule has 126 valence electrons. The van der Waals surface area contributed by atoms with E-state index in [2.05, 4.69) is 10.1 Å². The molecule has 1 aromatic carbocycles. The van der Waals surface area contributed by atoms with Gasteiger partial charge in [-0.25, -0.2) is 13.9 Å². The van der Waals surface area contributed by atoms with Crippen molar-refractivity contribution in [3.8, 4) is 11.1 Å². The van der Waals surface area contributed by atoms with E-state index in [1.165, 1.54) is 12.1 Å². The van der Waals surface area contributed by atoms with Gasteiger partial charge in [0, 0.05) is 24.0 Å². The van der Waals surface area contributed by atoms with E-state index in [1.54, 1.807) is 33.6 Å². The number of halogens is 1. The minimum Gasteiger partial charge on any atom is -0.312 e. The lowest BCUT2D eigenvalue weighted by molar-refractivity contribution is 0.582. The maximum atomic E-state index is 13.2. The molecule has 4 rings (SSSR count). The largest absolute Gasteiger partial charge is 0.312 e. The summed E-state index contributed by atoms with van der Waals surface area (Å²) in [5.41, 5.74) is 3.74. The van der Waals surface area contributed by atoms with Crippen LogP contribution in [0, 0.1) is 12.7 Å². The van der Waals surface area contributed by atoms with Crippen LogP contribution >= 0.6 is 0 Å². The molecule has 0 aliphatic rings. The molecule has 3 heterocycles. The lowest BCUT2D eigenvalue weighted by atomic mass is 10.1. The van der Waals surface area contributed by atoms with Gasteiger partial charge in [-0.05, 0) is 44.5 Å². The van der Waals surface area contributed by atoms with Gasteiger partial charge in [0.15, 0.2) is 5.65 Å². The van der Waals surface area contributed by atoms with Crippen LogP contribution in [0.15, 0.2) is 47.5 Å². The Morgan fingerprint density at radius 1 is 1.12 bits per heavy atom. The number of aryl methyl sites for hydroxylation is 1. The van der Waals surface area contributed by atoms with Crippen LogP contribution in [0.25, 0.3) is 27.7 Å². The topological polar surface area (TPSA) is 52.2 Å². The van der Waals surface area contributed by atoms with E-state index < -0.39 is 0 Å². The van der Waals surface area contributed by atoms with E-state index in [1.807, 2.05) is 26.8 Å². The standard InChI is InChI=1S/C19H17FN4O/c1-11(2)23-9-8-16-15(19(23)25)10-21-18-17(12(3)22-24(16)18)13-4-6-14(20)7-5-13/h4-11H,1-3H3. The molecule has 5 nitrogen and oxygen atoms in total. The molecule has 0 radical (unpaired) electrons. The van der Waals surface area contributed by atoms with Crippen molar-refractivity contribution in [2.75, 3.05) is 0 Å². The van der Waals surface area contributed by atoms with Gasteiger partial charge in [0.25, 0.3) is 5.56 Å². The number of benzene rings is 1. The zero-order valence-corrected chi connectivity index (χ0v) is 14.2. The second-order valence-electron chi connectivity index (χ2n) is 6.38. The smallest absolute Gasteiger partial charge is 0.261 e. The van der Waals surface area contributed by atoms with Crippen molar-refractivity contribution in [2.45, 2.75) is 26.8 Å². The summed E-state index contributed by atoms with van der Waals surface area (Å²) in [6.07, 6.45) is 3.38. The lowest BCUT2D eigenvalue weighted by Gasteiger charge is -2.10. The molecule has 0 saturated carbocycles. The Hall–Kier alpha value is -3.02. The van der Waals surface area contributed by atoms with Crippen LogP contribution in [-0.4, -0.2) is 19.2 Å². The molecular formula is C19H17FN4O. The summed E-state index contributed by atoms with van der Waals surface area (Å²) in [6.45, 7) is 5.81. The summed E-state index contributed by atoms with van der Waals surface area (Å²) in [5, 5.41) is 5.09. The summed E-state index contributed by atoms with van der Waals surface area (Å²) in [5.74, 6) is -0.287.